The number of hydrogen-bond acceptors (Lipinski definition) is 0. The lowest BCUT2D eigenvalue weighted by Gasteiger charge is -2.23. The molecule has 5 aromatic carbocycles. The van der Waals surface area contributed by atoms with Crippen molar-refractivity contribution in [3.05, 3.63) is 108 Å². The third-order valence-electron chi connectivity index (χ3n) is 7.38. The molecule has 7 rings (SSSR count). The summed E-state index contributed by atoms with van der Waals surface area (Å²) < 4.78 is 0. The summed E-state index contributed by atoms with van der Waals surface area (Å²) in [5.74, 6) is 0. The molecule has 1 heteroatoms. The Bertz CT molecular complexity index is 1680. The largest absolute Gasteiger partial charge is 0.354 e. The van der Waals surface area contributed by atoms with Gasteiger partial charge in [-0.3, -0.25) is 0 Å². The molecule has 1 aliphatic rings. The molecule has 152 valence electrons. The van der Waals surface area contributed by atoms with Gasteiger partial charge in [0.15, 0.2) is 0 Å². The molecule has 0 atom stereocenters. The Morgan fingerprint density at radius 1 is 0.594 bits per heavy atom. The highest BCUT2D eigenvalue weighted by molar-refractivity contribution is 6.27. The van der Waals surface area contributed by atoms with Gasteiger partial charge in [0.25, 0.3) is 0 Å². The van der Waals surface area contributed by atoms with Gasteiger partial charge in [0.05, 0.1) is 11.2 Å². The summed E-state index contributed by atoms with van der Waals surface area (Å²) in [7, 11) is 0. The lowest BCUT2D eigenvalue weighted by molar-refractivity contribution is 0.667. The van der Waals surface area contributed by atoms with E-state index < -0.39 is 0 Å². The number of aromatic nitrogens is 1. The van der Waals surface area contributed by atoms with Crippen molar-refractivity contribution in [2.75, 3.05) is 0 Å². The normalized spacial score (nSPS) is 14.2. The zero-order chi connectivity index (χ0) is 21.4. The summed E-state index contributed by atoms with van der Waals surface area (Å²) >= 11 is 0. The van der Waals surface area contributed by atoms with Gasteiger partial charge in [-0.05, 0) is 44.5 Å². The van der Waals surface area contributed by atoms with Crippen LogP contribution in [0.5, 0.6) is 0 Å². The molecule has 0 fully saturated rings. The molecule has 0 saturated heterocycles. The summed E-state index contributed by atoms with van der Waals surface area (Å²) in [6.45, 7) is 4.76. The Hall–Kier alpha value is -3.84. The van der Waals surface area contributed by atoms with Crippen molar-refractivity contribution >= 4 is 32.4 Å². The first kappa shape index (κ1) is 17.8. The zero-order valence-corrected chi connectivity index (χ0v) is 18.2. The minimum Gasteiger partial charge on any atom is -0.354 e. The van der Waals surface area contributed by atoms with Crippen molar-refractivity contribution in [2.24, 2.45) is 0 Å². The van der Waals surface area contributed by atoms with E-state index in [2.05, 4.69) is 116 Å². The molecule has 0 unspecified atom stereocenters. The van der Waals surface area contributed by atoms with Crippen LogP contribution in [0.3, 0.4) is 0 Å². The quantitative estimate of drug-likeness (QED) is 0.262. The van der Waals surface area contributed by atoms with Gasteiger partial charge in [-0.15, -0.1) is 0 Å². The Morgan fingerprint density at radius 3 is 1.97 bits per heavy atom. The van der Waals surface area contributed by atoms with Crippen LogP contribution in [-0.4, -0.2) is 4.98 Å². The fourth-order valence-corrected chi connectivity index (χ4v) is 5.89. The molecule has 0 radical (unpaired) electrons. The number of H-pyrrole nitrogens is 1. The van der Waals surface area contributed by atoms with E-state index in [1.54, 1.807) is 0 Å². The third-order valence-corrected chi connectivity index (χ3v) is 7.38. The Morgan fingerprint density at radius 2 is 1.22 bits per heavy atom. The van der Waals surface area contributed by atoms with E-state index >= 15 is 0 Å². The summed E-state index contributed by atoms with van der Waals surface area (Å²) in [5, 5.41) is 6.65. The summed E-state index contributed by atoms with van der Waals surface area (Å²) in [6, 6.07) is 35.3. The Labute approximate surface area is 187 Å². The van der Waals surface area contributed by atoms with Crippen molar-refractivity contribution in [3.63, 3.8) is 0 Å². The van der Waals surface area contributed by atoms with E-state index in [4.69, 9.17) is 0 Å². The molecule has 1 heterocycles. The molecule has 32 heavy (non-hydrogen) atoms. The van der Waals surface area contributed by atoms with Crippen LogP contribution in [0.2, 0.25) is 0 Å². The molecule has 1 aromatic heterocycles. The standard InChI is InChI=1S/C31H23N/c1-31(2)26-18-20(19-10-4-3-5-11-19)16-17-25(26)30-28(31)27-23-14-8-6-12-21(23)22-13-7-9-15-24(22)29(27)32-30/h3-18,32H,1-2H3. The maximum atomic E-state index is 3.88. The molecular weight excluding hydrogens is 386 g/mol. The van der Waals surface area contributed by atoms with Crippen LogP contribution in [0.15, 0.2) is 97.1 Å². The van der Waals surface area contributed by atoms with Gasteiger partial charge in [-0.2, -0.15) is 0 Å². The number of rotatable bonds is 1. The third kappa shape index (κ3) is 2.18. The second-order valence-electron chi connectivity index (χ2n) is 9.47. The lowest BCUT2D eigenvalue weighted by Crippen LogP contribution is -2.15. The maximum Gasteiger partial charge on any atom is 0.0548 e. The van der Waals surface area contributed by atoms with E-state index in [9.17, 15) is 0 Å². The molecular formula is C31H23N. The Kier molecular flexibility index (Phi) is 3.40. The Balaban J connectivity index is 1.60. The molecule has 0 saturated carbocycles. The molecule has 6 aromatic rings. The van der Waals surface area contributed by atoms with Crippen LogP contribution < -0.4 is 0 Å². The number of nitrogens with one attached hydrogen (secondary N) is 1. The number of hydrogen-bond donors (Lipinski definition) is 1. The van der Waals surface area contributed by atoms with Crippen LogP contribution in [-0.2, 0) is 5.41 Å². The second kappa shape index (κ2) is 6.11. The first-order chi connectivity index (χ1) is 15.6. The number of fused-ring (bicyclic) bond motifs is 10. The van der Waals surface area contributed by atoms with Gasteiger partial charge in [0.2, 0.25) is 0 Å². The van der Waals surface area contributed by atoms with E-state index in [-0.39, 0.29) is 5.41 Å². The average Bonchev–Trinajstić information content (AvgIpc) is 3.35. The van der Waals surface area contributed by atoms with Crippen LogP contribution in [0.4, 0.5) is 0 Å². The van der Waals surface area contributed by atoms with Crippen molar-refractivity contribution in [1.29, 1.82) is 0 Å². The molecule has 1 N–H and O–H groups in total. The smallest absolute Gasteiger partial charge is 0.0548 e. The minimum atomic E-state index is -0.0844. The molecule has 1 aliphatic carbocycles. The summed E-state index contributed by atoms with van der Waals surface area (Å²) in [5.41, 5.74) is 9.16. The second-order valence-corrected chi connectivity index (χ2v) is 9.47. The highest BCUT2D eigenvalue weighted by Crippen LogP contribution is 2.54. The van der Waals surface area contributed by atoms with Crippen molar-refractivity contribution in [1.82, 2.24) is 4.98 Å². The minimum absolute atomic E-state index is 0.0844. The predicted octanol–water partition coefficient (Wildman–Crippen LogP) is 8.45. The van der Waals surface area contributed by atoms with Crippen LogP contribution >= 0.6 is 0 Å². The van der Waals surface area contributed by atoms with E-state index in [1.807, 2.05) is 0 Å². The van der Waals surface area contributed by atoms with Crippen LogP contribution in [0.1, 0.15) is 25.0 Å². The van der Waals surface area contributed by atoms with Crippen molar-refractivity contribution < 1.29 is 0 Å². The van der Waals surface area contributed by atoms with E-state index in [1.165, 1.54) is 66.0 Å². The fraction of sp³-hybridized carbons (Fsp3) is 0.0968. The summed E-state index contributed by atoms with van der Waals surface area (Å²) in [6.07, 6.45) is 0. The molecule has 1 nitrogen and oxygen atoms in total. The van der Waals surface area contributed by atoms with Crippen LogP contribution in [0.25, 0.3) is 54.8 Å². The summed E-state index contributed by atoms with van der Waals surface area (Å²) in [4.78, 5) is 3.88. The van der Waals surface area contributed by atoms with Crippen molar-refractivity contribution in [2.45, 2.75) is 19.3 Å². The van der Waals surface area contributed by atoms with Gasteiger partial charge >= 0.3 is 0 Å². The number of aromatic amines is 1. The van der Waals surface area contributed by atoms with Gasteiger partial charge < -0.3 is 4.98 Å². The van der Waals surface area contributed by atoms with Gasteiger partial charge in [-0.25, -0.2) is 0 Å². The van der Waals surface area contributed by atoms with Crippen LogP contribution in [0, 0.1) is 0 Å². The van der Waals surface area contributed by atoms with Gasteiger partial charge in [-0.1, -0.05) is 105 Å². The molecule has 0 amide bonds. The fourth-order valence-electron chi connectivity index (χ4n) is 5.89. The average molecular weight is 410 g/mol. The predicted molar refractivity (Wildman–Crippen MR) is 136 cm³/mol. The monoisotopic (exact) mass is 409 g/mol. The van der Waals surface area contributed by atoms with Gasteiger partial charge in [0, 0.05) is 21.8 Å². The molecule has 0 bridgehead atoms. The number of benzene rings is 5. The SMILES string of the molecule is CC1(C)c2cc(-c3ccccc3)ccc2-c2[nH]c3c4ccccc4c4ccccc4c3c21. The highest BCUT2D eigenvalue weighted by Gasteiger charge is 2.39. The van der Waals surface area contributed by atoms with Crippen molar-refractivity contribution in [3.8, 4) is 22.4 Å². The topological polar surface area (TPSA) is 15.8 Å². The highest BCUT2D eigenvalue weighted by atomic mass is 14.8. The molecule has 0 spiro atoms. The first-order valence-electron chi connectivity index (χ1n) is 11.3. The van der Waals surface area contributed by atoms with E-state index in [0.717, 1.165) is 0 Å². The lowest BCUT2D eigenvalue weighted by atomic mass is 9.79. The zero-order valence-electron chi connectivity index (χ0n) is 18.2. The van der Waals surface area contributed by atoms with Gasteiger partial charge in [0.1, 0.15) is 0 Å². The maximum absolute atomic E-state index is 3.88. The van der Waals surface area contributed by atoms with E-state index in [0.29, 0.717) is 0 Å². The first-order valence-corrected chi connectivity index (χ1v) is 11.3. The molecule has 0 aliphatic heterocycles.